The summed E-state index contributed by atoms with van der Waals surface area (Å²) in [5.41, 5.74) is 0. The molecule has 2 saturated carbocycles. The molecule has 0 aromatic rings. The van der Waals surface area contributed by atoms with E-state index in [1.165, 1.54) is 6.42 Å². The predicted octanol–water partition coefficient (Wildman–Crippen LogP) is 2.21. The number of hydrogen-bond donors (Lipinski definition) is 0. The molecule has 16 heavy (non-hydrogen) atoms. The van der Waals surface area contributed by atoms with Crippen molar-refractivity contribution in [2.75, 3.05) is 18.2 Å². The third-order valence-corrected chi connectivity index (χ3v) is 5.85. The van der Waals surface area contributed by atoms with Crippen LogP contribution in [0.2, 0.25) is 0 Å². The summed E-state index contributed by atoms with van der Waals surface area (Å²) in [6.07, 6.45) is 6.18. The van der Waals surface area contributed by atoms with Crippen LogP contribution in [0, 0.1) is 5.92 Å². The Hall–Kier alpha value is 0.200. The molecule has 0 heterocycles. The second-order valence-electron chi connectivity index (χ2n) is 4.96. The number of nitrogens with zero attached hydrogens (tertiary/aromatic N) is 1. The highest BCUT2D eigenvalue weighted by Crippen LogP contribution is 2.34. The summed E-state index contributed by atoms with van der Waals surface area (Å²) in [5, 5.41) is 0. The van der Waals surface area contributed by atoms with E-state index in [-0.39, 0.29) is 6.04 Å². The van der Waals surface area contributed by atoms with Gasteiger partial charge in [-0.25, -0.2) is 8.42 Å². The second-order valence-corrected chi connectivity index (χ2v) is 7.30. The minimum Gasteiger partial charge on any atom is -0.212 e. The SMILES string of the molecule is O=S(=O)(CC1CC1)N(CCCCl)C1CCC1. The molecule has 94 valence electrons. The van der Waals surface area contributed by atoms with E-state index in [4.69, 9.17) is 11.6 Å². The number of alkyl halides is 1. The van der Waals surface area contributed by atoms with Crippen molar-refractivity contribution < 1.29 is 8.42 Å². The fraction of sp³-hybridized carbons (Fsp3) is 1.00. The predicted molar refractivity (Wildman–Crippen MR) is 66.2 cm³/mol. The van der Waals surface area contributed by atoms with Crippen LogP contribution in [0.3, 0.4) is 0 Å². The van der Waals surface area contributed by atoms with Gasteiger partial charge in [0.1, 0.15) is 0 Å². The van der Waals surface area contributed by atoms with Crippen molar-refractivity contribution in [3.63, 3.8) is 0 Å². The van der Waals surface area contributed by atoms with Crippen molar-refractivity contribution in [2.24, 2.45) is 5.92 Å². The molecule has 0 unspecified atom stereocenters. The Morgan fingerprint density at radius 2 is 1.88 bits per heavy atom. The van der Waals surface area contributed by atoms with Crippen molar-refractivity contribution in [3.8, 4) is 0 Å². The van der Waals surface area contributed by atoms with E-state index in [0.29, 0.717) is 24.1 Å². The van der Waals surface area contributed by atoms with E-state index in [1.807, 2.05) is 0 Å². The lowest BCUT2D eigenvalue weighted by Gasteiger charge is -2.36. The van der Waals surface area contributed by atoms with Crippen molar-refractivity contribution in [1.29, 1.82) is 0 Å². The van der Waals surface area contributed by atoms with Crippen LogP contribution in [0.15, 0.2) is 0 Å². The summed E-state index contributed by atoms with van der Waals surface area (Å²) in [5.74, 6) is 1.34. The van der Waals surface area contributed by atoms with Crippen LogP contribution in [0.25, 0.3) is 0 Å². The van der Waals surface area contributed by atoms with E-state index in [0.717, 1.165) is 32.1 Å². The molecule has 2 aliphatic carbocycles. The lowest BCUT2D eigenvalue weighted by atomic mass is 9.93. The van der Waals surface area contributed by atoms with Crippen molar-refractivity contribution >= 4 is 21.6 Å². The van der Waals surface area contributed by atoms with E-state index >= 15 is 0 Å². The molecule has 2 rings (SSSR count). The second kappa shape index (κ2) is 5.23. The molecule has 0 atom stereocenters. The van der Waals surface area contributed by atoms with Gasteiger partial charge in [-0.1, -0.05) is 6.42 Å². The van der Waals surface area contributed by atoms with Crippen LogP contribution in [-0.2, 0) is 10.0 Å². The lowest BCUT2D eigenvalue weighted by molar-refractivity contribution is 0.219. The average Bonchev–Trinajstić information content (AvgIpc) is 2.91. The number of hydrogen-bond acceptors (Lipinski definition) is 2. The van der Waals surface area contributed by atoms with Crippen molar-refractivity contribution in [1.82, 2.24) is 4.31 Å². The van der Waals surface area contributed by atoms with Crippen LogP contribution in [-0.4, -0.2) is 36.9 Å². The quantitative estimate of drug-likeness (QED) is 0.662. The largest absolute Gasteiger partial charge is 0.214 e. The van der Waals surface area contributed by atoms with Gasteiger partial charge >= 0.3 is 0 Å². The zero-order chi connectivity index (χ0) is 11.6. The first-order valence-corrected chi connectivity index (χ1v) is 8.33. The molecule has 5 heteroatoms. The fourth-order valence-corrected chi connectivity index (χ4v) is 4.43. The summed E-state index contributed by atoms with van der Waals surface area (Å²) in [6.45, 7) is 0.614. The average molecular weight is 266 g/mol. The van der Waals surface area contributed by atoms with Gasteiger partial charge in [-0.2, -0.15) is 4.31 Å². The van der Waals surface area contributed by atoms with Gasteiger partial charge in [0, 0.05) is 18.5 Å². The maximum absolute atomic E-state index is 12.2. The maximum Gasteiger partial charge on any atom is 0.214 e. The van der Waals surface area contributed by atoms with Crippen LogP contribution < -0.4 is 0 Å². The number of sulfonamides is 1. The van der Waals surface area contributed by atoms with Gasteiger partial charge in [-0.15, -0.1) is 11.6 Å². The summed E-state index contributed by atoms with van der Waals surface area (Å²) < 4.78 is 26.1. The minimum atomic E-state index is -3.02. The Morgan fingerprint density at radius 1 is 1.19 bits per heavy atom. The highest BCUT2D eigenvalue weighted by molar-refractivity contribution is 7.89. The molecule has 2 fully saturated rings. The van der Waals surface area contributed by atoms with E-state index in [9.17, 15) is 8.42 Å². The highest BCUT2D eigenvalue weighted by Gasteiger charge is 2.37. The molecule has 0 radical (unpaired) electrons. The van der Waals surface area contributed by atoms with Crippen LogP contribution in [0.5, 0.6) is 0 Å². The van der Waals surface area contributed by atoms with E-state index < -0.39 is 10.0 Å². The molecule has 0 N–H and O–H groups in total. The maximum atomic E-state index is 12.2. The first-order valence-electron chi connectivity index (χ1n) is 6.19. The van der Waals surface area contributed by atoms with E-state index in [2.05, 4.69) is 0 Å². The molecular weight excluding hydrogens is 246 g/mol. The van der Waals surface area contributed by atoms with Gasteiger partial charge in [0.15, 0.2) is 0 Å². The molecule has 0 aromatic heterocycles. The van der Waals surface area contributed by atoms with Crippen LogP contribution >= 0.6 is 11.6 Å². The Balaban J connectivity index is 1.97. The molecule has 0 spiro atoms. The lowest BCUT2D eigenvalue weighted by Crippen LogP contribution is -2.46. The standard InChI is InChI=1S/C11H20ClNO2S/c12-7-2-8-13(11-3-1-4-11)16(14,15)9-10-5-6-10/h10-11H,1-9H2. The van der Waals surface area contributed by atoms with Crippen LogP contribution in [0.1, 0.15) is 38.5 Å². The smallest absolute Gasteiger partial charge is 0.212 e. The minimum absolute atomic E-state index is 0.270. The van der Waals surface area contributed by atoms with Gasteiger partial charge in [-0.05, 0) is 38.0 Å². The zero-order valence-corrected chi connectivity index (χ0v) is 11.1. The van der Waals surface area contributed by atoms with Crippen molar-refractivity contribution in [3.05, 3.63) is 0 Å². The first-order chi connectivity index (χ1) is 7.63. The van der Waals surface area contributed by atoms with Gasteiger partial charge < -0.3 is 0 Å². The molecule has 0 amide bonds. The highest BCUT2D eigenvalue weighted by atomic mass is 35.5. The molecular formula is C11H20ClNO2S. The summed E-state index contributed by atoms with van der Waals surface area (Å²) in [7, 11) is -3.02. The third kappa shape index (κ3) is 3.11. The zero-order valence-electron chi connectivity index (χ0n) is 9.57. The van der Waals surface area contributed by atoms with Gasteiger partial charge in [-0.3, -0.25) is 0 Å². The monoisotopic (exact) mass is 265 g/mol. The molecule has 3 nitrogen and oxygen atoms in total. The van der Waals surface area contributed by atoms with Crippen LogP contribution in [0.4, 0.5) is 0 Å². The first kappa shape index (κ1) is 12.7. The van der Waals surface area contributed by atoms with E-state index in [1.54, 1.807) is 4.31 Å². The van der Waals surface area contributed by atoms with Crippen molar-refractivity contribution in [2.45, 2.75) is 44.6 Å². The Bertz CT molecular complexity index is 323. The summed E-state index contributed by atoms with van der Waals surface area (Å²) in [4.78, 5) is 0. The summed E-state index contributed by atoms with van der Waals surface area (Å²) in [6, 6.07) is 0.270. The Labute approximate surface area is 103 Å². The molecule has 0 aromatic carbocycles. The molecule has 0 saturated heterocycles. The number of rotatable bonds is 7. The fourth-order valence-electron chi connectivity index (χ4n) is 2.12. The van der Waals surface area contributed by atoms with Gasteiger partial charge in [0.2, 0.25) is 10.0 Å². The van der Waals surface area contributed by atoms with Gasteiger partial charge in [0.25, 0.3) is 0 Å². The normalized spacial score (nSPS) is 22.4. The summed E-state index contributed by atoms with van der Waals surface area (Å²) >= 11 is 5.66. The molecule has 0 aliphatic heterocycles. The Kier molecular flexibility index (Phi) is 4.14. The topological polar surface area (TPSA) is 37.4 Å². The molecule has 0 bridgehead atoms. The molecule has 2 aliphatic rings. The number of halogens is 1. The Morgan fingerprint density at radius 3 is 2.31 bits per heavy atom. The third-order valence-electron chi connectivity index (χ3n) is 3.49. The van der Waals surface area contributed by atoms with Gasteiger partial charge in [0.05, 0.1) is 5.75 Å².